The maximum absolute atomic E-state index is 11.3. The van der Waals surface area contributed by atoms with Gasteiger partial charge in [-0.2, -0.15) is 0 Å². The molecule has 0 fully saturated rings. The fourth-order valence-electron chi connectivity index (χ4n) is 1.13. The Bertz CT molecular complexity index is 576. The summed E-state index contributed by atoms with van der Waals surface area (Å²) in [7, 11) is 1.41. The van der Waals surface area contributed by atoms with Crippen LogP contribution < -0.4 is 11.1 Å². The van der Waals surface area contributed by atoms with E-state index < -0.39 is 11.8 Å². The molecule has 1 aromatic carbocycles. The van der Waals surface area contributed by atoms with Crippen molar-refractivity contribution in [2.45, 2.75) is 10.1 Å². The van der Waals surface area contributed by atoms with Crippen LogP contribution in [0.25, 0.3) is 0 Å². The number of carbonyl (C=O) groups is 1. The first-order chi connectivity index (χ1) is 8.20. The van der Waals surface area contributed by atoms with Gasteiger partial charge < -0.3 is 9.73 Å². The van der Waals surface area contributed by atoms with E-state index in [0.29, 0.717) is 4.68 Å². The van der Waals surface area contributed by atoms with E-state index in [4.69, 9.17) is 4.42 Å². The molecule has 88 valence electrons. The van der Waals surface area contributed by atoms with E-state index in [-0.39, 0.29) is 5.22 Å². The van der Waals surface area contributed by atoms with Crippen molar-refractivity contribution < 1.29 is 9.21 Å². The largest absolute Gasteiger partial charge is 0.446 e. The molecular formula is C10H9N3O3S. The fourth-order valence-corrected chi connectivity index (χ4v) is 1.86. The first-order valence-corrected chi connectivity index (χ1v) is 5.57. The van der Waals surface area contributed by atoms with Crippen LogP contribution in [0.3, 0.4) is 0 Å². The number of nitrogens with one attached hydrogen (secondary N) is 1. The number of aromatic nitrogens is 2. The van der Waals surface area contributed by atoms with Crippen LogP contribution in [0.5, 0.6) is 0 Å². The third-order valence-corrected chi connectivity index (χ3v) is 2.73. The lowest BCUT2D eigenvalue weighted by molar-refractivity contribution is 0.239. The van der Waals surface area contributed by atoms with Crippen LogP contribution >= 0.6 is 11.8 Å². The molecule has 0 unspecified atom stereocenters. The zero-order valence-electron chi connectivity index (χ0n) is 8.91. The van der Waals surface area contributed by atoms with Crippen molar-refractivity contribution in [1.82, 2.24) is 15.1 Å². The highest BCUT2D eigenvalue weighted by atomic mass is 32.2. The molecule has 0 saturated carbocycles. The number of hydrogen-bond donors (Lipinski definition) is 1. The fraction of sp³-hybridized carbons (Fsp3) is 0.100. The highest BCUT2D eigenvalue weighted by Crippen LogP contribution is 2.24. The van der Waals surface area contributed by atoms with E-state index in [0.717, 1.165) is 4.90 Å². The third-order valence-electron chi connectivity index (χ3n) is 1.88. The van der Waals surface area contributed by atoms with Crippen molar-refractivity contribution in [3.8, 4) is 0 Å². The van der Waals surface area contributed by atoms with Gasteiger partial charge in [-0.3, -0.25) is 0 Å². The molecule has 1 amide bonds. The second-order valence-corrected chi connectivity index (χ2v) is 4.04. The number of nitrogens with zero attached hydrogens (tertiary/aromatic N) is 2. The maximum Gasteiger partial charge on any atom is 0.446 e. The van der Waals surface area contributed by atoms with Gasteiger partial charge in [0, 0.05) is 11.9 Å². The Balaban J connectivity index is 2.24. The number of hydrogen-bond acceptors (Lipinski definition) is 5. The molecule has 0 atom stereocenters. The van der Waals surface area contributed by atoms with Gasteiger partial charge >= 0.3 is 11.8 Å². The third kappa shape index (κ3) is 2.56. The van der Waals surface area contributed by atoms with Crippen molar-refractivity contribution in [2.24, 2.45) is 0 Å². The average Bonchev–Trinajstić information content (AvgIpc) is 2.70. The van der Waals surface area contributed by atoms with Crippen LogP contribution in [0.1, 0.15) is 0 Å². The molecule has 0 aliphatic heterocycles. The van der Waals surface area contributed by atoms with Gasteiger partial charge in [-0.1, -0.05) is 18.2 Å². The Morgan fingerprint density at radius 1 is 1.41 bits per heavy atom. The molecule has 1 N–H and O–H groups in total. The summed E-state index contributed by atoms with van der Waals surface area (Å²) >= 11 is 1.17. The SMILES string of the molecule is CNC(=O)n1nc(Sc2ccccc2)oc1=O. The summed E-state index contributed by atoms with van der Waals surface area (Å²) in [6.07, 6.45) is 0. The normalized spacial score (nSPS) is 10.2. The molecule has 0 bridgehead atoms. The minimum Gasteiger partial charge on any atom is -0.381 e. The lowest BCUT2D eigenvalue weighted by Gasteiger charge is -1.94. The van der Waals surface area contributed by atoms with Gasteiger partial charge in [-0.15, -0.1) is 9.78 Å². The van der Waals surface area contributed by atoms with E-state index >= 15 is 0 Å². The molecular weight excluding hydrogens is 242 g/mol. The van der Waals surface area contributed by atoms with E-state index in [1.807, 2.05) is 30.3 Å². The molecule has 0 spiro atoms. The molecule has 6 nitrogen and oxygen atoms in total. The van der Waals surface area contributed by atoms with Crippen LogP contribution in [0.4, 0.5) is 4.79 Å². The lowest BCUT2D eigenvalue weighted by Crippen LogP contribution is -2.32. The monoisotopic (exact) mass is 251 g/mol. The highest BCUT2D eigenvalue weighted by Gasteiger charge is 2.14. The molecule has 17 heavy (non-hydrogen) atoms. The summed E-state index contributed by atoms with van der Waals surface area (Å²) in [6.45, 7) is 0. The highest BCUT2D eigenvalue weighted by molar-refractivity contribution is 7.99. The summed E-state index contributed by atoms with van der Waals surface area (Å²) in [6, 6.07) is 8.67. The maximum atomic E-state index is 11.3. The molecule has 2 aromatic rings. The minimum atomic E-state index is -0.803. The average molecular weight is 251 g/mol. The van der Waals surface area contributed by atoms with Crippen molar-refractivity contribution in [3.63, 3.8) is 0 Å². The second-order valence-electron chi connectivity index (χ2n) is 3.02. The van der Waals surface area contributed by atoms with Gasteiger partial charge in [-0.25, -0.2) is 9.59 Å². The first kappa shape index (κ1) is 11.5. The lowest BCUT2D eigenvalue weighted by atomic mass is 10.4. The van der Waals surface area contributed by atoms with Gasteiger partial charge in [0.1, 0.15) is 0 Å². The van der Waals surface area contributed by atoms with Crippen LogP contribution in [0.2, 0.25) is 0 Å². The van der Waals surface area contributed by atoms with E-state index in [9.17, 15) is 9.59 Å². The quantitative estimate of drug-likeness (QED) is 0.867. The van der Waals surface area contributed by atoms with Gasteiger partial charge in [0.05, 0.1) is 0 Å². The number of benzene rings is 1. The molecule has 1 heterocycles. The predicted molar refractivity (Wildman–Crippen MR) is 61.2 cm³/mol. The molecule has 7 heteroatoms. The smallest absolute Gasteiger partial charge is 0.381 e. The van der Waals surface area contributed by atoms with Crippen molar-refractivity contribution in [3.05, 3.63) is 40.9 Å². The molecule has 2 rings (SSSR count). The summed E-state index contributed by atoms with van der Waals surface area (Å²) < 4.78 is 5.48. The van der Waals surface area contributed by atoms with Crippen LogP contribution in [-0.2, 0) is 0 Å². The Labute approximate surface area is 101 Å². The second kappa shape index (κ2) is 4.88. The Hall–Kier alpha value is -2.02. The van der Waals surface area contributed by atoms with Crippen LogP contribution in [-0.4, -0.2) is 22.9 Å². The standard InChI is InChI=1S/C10H9N3O3S/c1-11-8(14)13-10(15)16-9(12-13)17-7-5-3-2-4-6-7/h2-6H,1H3,(H,11,14). The molecule has 0 saturated heterocycles. The summed E-state index contributed by atoms with van der Waals surface area (Å²) in [5.41, 5.74) is 0. The Kier molecular flexibility index (Phi) is 3.29. The number of rotatable bonds is 2. The Morgan fingerprint density at radius 2 is 2.12 bits per heavy atom. The molecule has 0 aliphatic rings. The van der Waals surface area contributed by atoms with Gasteiger partial charge in [-0.05, 0) is 23.9 Å². The number of amides is 1. The number of carbonyl (C=O) groups excluding carboxylic acids is 1. The molecule has 0 aliphatic carbocycles. The topological polar surface area (TPSA) is 77.1 Å². The van der Waals surface area contributed by atoms with Crippen LogP contribution in [0, 0.1) is 0 Å². The van der Waals surface area contributed by atoms with Gasteiger partial charge in [0.25, 0.3) is 5.22 Å². The first-order valence-electron chi connectivity index (χ1n) is 4.76. The Morgan fingerprint density at radius 3 is 2.76 bits per heavy atom. The predicted octanol–water partition coefficient (Wildman–Crippen LogP) is 1.17. The van der Waals surface area contributed by atoms with Crippen molar-refractivity contribution in [1.29, 1.82) is 0 Å². The molecule has 0 radical (unpaired) electrons. The zero-order chi connectivity index (χ0) is 12.3. The summed E-state index contributed by atoms with van der Waals surface area (Å²) in [5.74, 6) is -0.803. The summed E-state index contributed by atoms with van der Waals surface area (Å²) in [4.78, 5) is 23.4. The van der Waals surface area contributed by atoms with Crippen LogP contribution in [0.15, 0.2) is 49.7 Å². The van der Waals surface area contributed by atoms with E-state index in [2.05, 4.69) is 10.4 Å². The zero-order valence-corrected chi connectivity index (χ0v) is 9.73. The van der Waals surface area contributed by atoms with E-state index in [1.54, 1.807) is 0 Å². The molecule has 1 aromatic heterocycles. The van der Waals surface area contributed by atoms with Crippen molar-refractivity contribution >= 4 is 17.8 Å². The van der Waals surface area contributed by atoms with E-state index in [1.165, 1.54) is 18.8 Å². The van der Waals surface area contributed by atoms with Gasteiger partial charge in [0.2, 0.25) is 0 Å². The minimum absolute atomic E-state index is 0.129. The summed E-state index contributed by atoms with van der Waals surface area (Å²) in [5, 5.41) is 6.19. The van der Waals surface area contributed by atoms with Crippen molar-refractivity contribution in [2.75, 3.05) is 7.05 Å². The van der Waals surface area contributed by atoms with Gasteiger partial charge in [0.15, 0.2) is 0 Å².